The van der Waals surface area contributed by atoms with Crippen LogP contribution in [0.4, 0.5) is 10.1 Å². The summed E-state index contributed by atoms with van der Waals surface area (Å²) in [5.41, 5.74) is 1.22. The van der Waals surface area contributed by atoms with E-state index < -0.39 is 22.5 Å². The molecule has 0 amide bonds. The number of fused-ring (bicyclic) bond motifs is 1. The first-order chi connectivity index (χ1) is 15.8. The number of esters is 1. The second-order valence-electron chi connectivity index (χ2n) is 7.17. The van der Waals surface area contributed by atoms with E-state index in [-0.39, 0.29) is 49.0 Å². The monoisotopic (exact) mass is 456 g/mol. The minimum absolute atomic E-state index is 0.00371. The maximum atomic E-state index is 13.7. The van der Waals surface area contributed by atoms with E-state index in [2.05, 4.69) is 10.1 Å². The highest BCUT2D eigenvalue weighted by atomic mass is 19.1. The van der Waals surface area contributed by atoms with Gasteiger partial charge in [0, 0.05) is 24.6 Å². The number of oxazole rings is 1. The molecule has 0 saturated carbocycles. The van der Waals surface area contributed by atoms with Crippen LogP contribution in [0, 0.1) is 22.9 Å². The molecule has 0 aliphatic rings. The lowest BCUT2D eigenvalue weighted by molar-refractivity contribution is -0.384. The number of carbonyl (C=O) groups excluding carboxylic acids is 1. The van der Waals surface area contributed by atoms with Crippen molar-refractivity contribution >= 4 is 22.8 Å². The zero-order valence-corrected chi connectivity index (χ0v) is 17.3. The highest BCUT2D eigenvalue weighted by Gasteiger charge is 2.15. The van der Waals surface area contributed by atoms with Crippen LogP contribution in [0.15, 0.2) is 50.1 Å². The maximum Gasteiger partial charge on any atom is 0.419 e. The molecule has 11 nitrogen and oxygen atoms in total. The molecule has 4 aromatic rings. The Morgan fingerprint density at radius 1 is 1.27 bits per heavy atom. The SMILES string of the molecule is Cc1ccc(-c2noc(COC(=O)CCCn3c(=O)oc4cc([N+](=O)[O-])ccc43)n2)cc1F. The standard InChI is InChI=1S/C21H17FN4O7/c1-12-4-5-13(9-15(12)22)20-23-18(33-24-20)11-31-19(27)3-2-8-25-16-7-6-14(26(29)30)10-17(16)32-21(25)28/h4-7,9-10H,2-3,8,11H2,1H3. The quantitative estimate of drug-likeness (QED) is 0.221. The third-order valence-corrected chi connectivity index (χ3v) is 4.88. The highest BCUT2D eigenvalue weighted by molar-refractivity contribution is 5.75. The van der Waals surface area contributed by atoms with Gasteiger partial charge >= 0.3 is 11.7 Å². The Morgan fingerprint density at radius 3 is 2.85 bits per heavy atom. The van der Waals surface area contributed by atoms with Gasteiger partial charge in [-0.2, -0.15) is 4.98 Å². The van der Waals surface area contributed by atoms with E-state index >= 15 is 0 Å². The van der Waals surface area contributed by atoms with Crippen molar-refractivity contribution in [1.82, 2.24) is 14.7 Å². The summed E-state index contributed by atoms with van der Waals surface area (Å²) in [5.74, 6) is -1.39. The number of nitro groups is 1. The van der Waals surface area contributed by atoms with Crippen molar-refractivity contribution in [2.75, 3.05) is 0 Å². The third kappa shape index (κ3) is 4.79. The van der Waals surface area contributed by atoms with Gasteiger partial charge in [0.25, 0.3) is 11.6 Å². The zero-order valence-electron chi connectivity index (χ0n) is 17.3. The number of aromatic nitrogens is 3. The summed E-state index contributed by atoms with van der Waals surface area (Å²) < 4.78 is 30.2. The normalized spacial score (nSPS) is 11.1. The van der Waals surface area contributed by atoms with Crippen molar-refractivity contribution in [2.45, 2.75) is 32.9 Å². The second kappa shape index (κ2) is 9.02. The topological polar surface area (TPSA) is 144 Å². The Bertz CT molecular complexity index is 1410. The number of hydrogen-bond acceptors (Lipinski definition) is 9. The molecule has 0 atom stereocenters. The molecule has 2 heterocycles. The molecule has 2 aromatic heterocycles. The van der Waals surface area contributed by atoms with Crippen LogP contribution < -0.4 is 5.76 Å². The van der Waals surface area contributed by atoms with Crippen LogP contribution in [-0.2, 0) is 22.7 Å². The highest BCUT2D eigenvalue weighted by Crippen LogP contribution is 2.21. The molecule has 0 fully saturated rings. The van der Waals surface area contributed by atoms with Gasteiger partial charge in [-0.05, 0) is 31.0 Å². The molecule has 33 heavy (non-hydrogen) atoms. The van der Waals surface area contributed by atoms with Gasteiger partial charge in [0.2, 0.25) is 5.82 Å². The molecule has 4 rings (SSSR count). The van der Waals surface area contributed by atoms with Crippen molar-refractivity contribution in [3.63, 3.8) is 0 Å². The fourth-order valence-electron chi connectivity index (χ4n) is 3.14. The van der Waals surface area contributed by atoms with Gasteiger partial charge < -0.3 is 13.7 Å². The van der Waals surface area contributed by atoms with Gasteiger partial charge in [-0.3, -0.25) is 19.5 Å². The van der Waals surface area contributed by atoms with Gasteiger partial charge in [0.1, 0.15) is 5.82 Å². The van der Waals surface area contributed by atoms with Crippen molar-refractivity contribution in [2.24, 2.45) is 0 Å². The van der Waals surface area contributed by atoms with E-state index in [4.69, 9.17) is 13.7 Å². The van der Waals surface area contributed by atoms with Crippen LogP contribution in [0.5, 0.6) is 0 Å². The average molecular weight is 456 g/mol. The van der Waals surface area contributed by atoms with Crippen LogP contribution in [0.2, 0.25) is 0 Å². The number of rotatable bonds is 8. The van der Waals surface area contributed by atoms with Crippen LogP contribution in [0.3, 0.4) is 0 Å². The van der Waals surface area contributed by atoms with E-state index in [1.807, 2.05) is 0 Å². The van der Waals surface area contributed by atoms with Crippen molar-refractivity contribution in [1.29, 1.82) is 0 Å². The molecule has 2 aromatic carbocycles. The Hall–Kier alpha value is -4.35. The van der Waals surface area contributed by atoms with Crippen molar-refractivity contribution in [3.8, 4) is 11.4 Å². The van der Waals surface area contributed by atoms with Crippen LogP contribution >= 0.6 is 0 Å². The third-order valence-electron chi connectivity index (χ3n) is 4.88. The zero-order chi connectivity index (χ0) is 23.5. The molecule has 0 aliphatic heterocycles. The molecule has 0 radical (unpaired) electrons. The first-order valence-electron chi connectivity index (χ1n) is 9.84. The van der Waals surface area contributed by atoms with Gasteiger partial charge in [-0.25, -0.2) is 9.18 Å². The average Bonchev–Trinajstić information content (AvgIpc) is 3.38. The van der Waals surface area contributed by atoms with Gasteiger partial charge in [-0.15, -0.1) is 0 Å². The summed E-state index contributed by atoms with van der Waals surface area (Å²) in [6, 6.07) is 8.39. The van der Waals surface area contributed by atoms with Crippen LogP contribution in [-0.4, -0.2) is 25.6 Å². The number of benzene rings is 2. The number of non-ortho nitro benzene ring substituents is 1. The summed E-state index contributed by atoms with van der Waals surface area (Å²) in [6.07, 6.45) is 0.262. The number of nitro benzene ring substituents is 1. The molecule has 0 aliphatic carbocycles. The van der Waals surface area contributed by atoms with Gasteiger partial charge in [0.05, 0.1) is 16.5 Å². The van der Waals surface area contributed by atoms with Gasteiger partial charge in [-0.1, -0.05) is 17.3 Å². The summed E-state index contributed by atoms with van der Waals surface area (Å²) in [4.78, 5) is 38.4. The number of aryl methyl sites for hydroxylation is 2. The number of hydrogen-bond donors (Lipinski definition) is 0. The largest absolute Gasteiger partial charge is 0.456 e. The summed E-state index contributed by atoms with van der Waals surface area (Å²) in [5, 5.41) is 14.6. The molecule has 12 heteroatoms. The van der Waals surface area contributed by atoms with Crippen molar-refractivity contribution in [3.05, 3.63) is 74.3 Å². The smallest absolute Gasteiger partial charge is 0.419 e. The Kier molecular flexibility index (Phi) is 5.98. The fourth-order valence-corrected chi connectivity index (χ4v) is 3.14. The Labute approximate surface area is 184 Å². The van der Waals surface area contributed by atoms with E-state index in [1.165, 1.54) is 28.8 Å². The molecule has 0 N–H and O–H groups in total. The molecular weight excluding hydrogens is 439 g/mol. The van der Waals surface area contributed by atoms with E-state index in [0.29, 0.717) is 16.6 Å². The summed E-state index contributed by atoms with van der Waals surface area (Å²) in [7, 11) is 0. The van der Waals surface area contributed by atoms with Crippen LogP contribution in [0.25, 0.3) is 22.5 Å². The van der Waals surface area contributed by atoms with E-state index in [0.717, 1.165) is 0 Å². The maximum absolute atomic E-state index is 13.7. The van der Waals surface area contributed by atoms with E-state index in [1.54, 1.807) is 19.1 Å². The second-order valence-corrected chi connectivity index (χ2v) is 7.17. The molecule has 0 unspecified atom stereocenters. The van der Waals surface area contributed by atoms with Crippen LogP contribution in [0.1, 0.15) is 24.3 Å². The van der Waals surface area contributed by atoms with Gasteiger partial charge in [0.15, 0.2) is 12.2 Å². The lowest BCUT2D eigenvalue weighted by Gasteiger charge is -2.03. The Morgan fingerprint density at radius 2 is 2.09 bits per heavy atom. The number of halogens is 1. The first kappa shape index (κ1) is 21.9. The summed E-state index contributed by atoms with van der Waals surface area (Å²) >= 11 is 0. The predicted octanol–water partition coefficient (Wildman–Crippen LogP) is 3.52. The minimum atomic E-state index is -0.676. The number of ether oxygens (including phenoxy) is 1. The van der Waals surface area contributed by atoms with Crippen molar-refractivity contribution < 1.29 is 27.8 Å². The fraction of sp³-hybridized carbons (Fsp3) is 0.238. The molecule has 0 bridgehead atoms. The number of carbonyl (C=O) groups is 1. The molecule has 170 valence electrons. The summed E-state index contributed by atoms with van der Waals surface area (Å²) in [6.45, 7) is 1.54. The number of nitrogens with zero attached hydrogens (tertiary/aromatic N) is 4. The lowest BCUT2D eigenvalue weighted by atomic mass is 10.1. The van der Waals surface area contributed by atoms with E-state index in [9.17, 15) is 24.1 Å². The molecule has 0 saturated heterocycles. The predicted molar refractivity (Wildman–Crippen MR) is 111 cm³/mol. The molecule has 0 spiro atoms. The lowest BCUT2D eigenvalue weighted by Crippen LogP contribution is -2.15. The minimum Gasteiger partial charge on any atom is -0.456 e. The molecular formula is C21H17FN4O7. The Balaban J connectivity index is 1.30. The first-order valence-corrected chi connectivity index (χ1v) is 9.84.